The largest absolute Gasteiger partial charge is 0.374 e. The van der Waals surface area contributed by atoms with Crippen molar-refractivity contribution in [3.05, 3.63) is 0 Å². The molecule has 94 valence electrons. The molecular weight excluding hydrogens is 222 g/mol. The number of morpholine rings is 1. The maximum Gasteiger partial charge on any atom is 0.0837 e. The van der Waals surface area contributed by atoms with Gasteiger partial charge in [-0.15, -0.1) is 11.6 Å². The Hall–Kier alpha value is 0.210. The Labute approximate surface area is 104 Å². The van der Waals surface area contributed by atoms with Crippen LogP contribution >= 0.6 is 11.6 Å². The molecule has 1 aliphatic heterocycles. The first-order valence-corrected chi connectivity index (χ1v) is 7.24. The summed E-state index contributed by atoms with van der Waals surface area (Å²) in [7, 11) is 0. The molecule has 2 unspecified atom stereocenters. The molecule has 1 saturated carbocycles. The van der Waals surface area contributed by atoms with Crippen molar-refractivity contribution in [1.29, 1.82) is 0 Å². The fourth-order valence-electron chi connectivity index (χ4n) is 2.92. The van der Waals surface area contributed by atoms with Crippen LogP contribution in [0.1, 0.15) is 39.0 Å². The van der Waals surface area contributed by atoms with Gasteiger partial charge in [-0.1, -0.05) is 19.3 Å². The van der Waals surface area contributed by atoms with Crippen LogP contribution in [0.5, 0.6) is 0 Å². The molecule has 0 spiro atoms. The van der Waals surface area contributed by atoms with Gasteiger partial charge in [0.2, 0.25) is 0 Å². The highest BCUT2D eigenvalue weighted by Crippen LogP contribution is 2.26. The van der Waals surface area contributed by atoms with E-state index < -0.39 is 0 Å². The minimum Gasteiger partial charge on any atom is -0.374 e. The minimum atomic E-state index is 0.251. The van der Waals surface area contributed by atoms with Crippen molar-refractivity contribution >= 4 is 11.6 Å². The van der Waals surface area contributed by atoms with E-state index in [-0.39, 0.29) is 6.10 Å². The van der Waals surface area contributed by atoms with Gasteiger partial charge in [-0.25, -0.2) is 0 Å². The summed E-state index contributed by atoms with van der Waals surface area (Å²) in [6.07, 6.45) is 7.41. The highest BCUT2D eigenvalue weighted by Gasteiger charge is 2.27. The monoisotopic (exact) mass is 245 g/mol. The molecule has 0 radical (unpaired) electrons. The smallest absolute Gasteiger partial charge is 0.0837 e. The highest BCUT2D eigenvalue weighted by molar-refractivity contribution is 6.18. The van der Waals surface area contributed by atoms with E-state index in [0.717, 1.165) is 19.1 Å². The maximum absolute atomic E-state index is 5.88. The van der Waals surface area contributed by atoms with Gasteiger partial charge in [-0.3, -0.25) is 4.90 Å². The summed E-state index contributed by atoms with van der Waals surface area (Å²) < 4.78 is 5.69. The third kappa shape index (κ3) is 3.35. The fourth-order valence-corrected chi connectivity index (χ4v) is 3.11. The Bertz CT molecular complexity index is 206. The first kappa shape index (κ1) is 12.7. The van der Waals surface area contributed by atoms with Crippen LogP contribution in [0.2, 0.25) is 0 Å². The second-order valence-corrected chi connectivity index (χ2v) is 5.73. The molecule has 1 heterocycles. The number of alkyl halides is 1. The van der Waals surface area contributed by atoms with E-state index in [1.807, 2.05) is 0 Å². The summed E-state index contributed by atoms with van der Waals surface area (Å²) >= 11 is 5.88. The lowest BCUT2D eigenvalue weighted by Crippen LogP contribution is -2.50. The van der Waals surface area contributed by atoms with Gasteiger partial charge in [0, 0.05) is 25.0 Å². The van der Waals surface area contributed by atoms with Gasteiger partial charge in [0.1, 0.15) is 0 Å². The van der Waals surface area contributed by atoms with Gasteiger partial charge in [0.05, 0.1) is 12.7 Å². The Morgan fingerprint density at radius 2 is 2.00 bits per heavy atom. The van der Waals surface area contributed by atoms with E-state index in [4.69, 9.17) is 16.3 Å². The standard InChI is InChI=1S/C13H24ClNO/c1-11-10-16-13(7-14)9-15(11)8-12-5-3-2-4-6-12/h11-13H,2-10H2,1H3. The number of ether oxygens (including phenoxy) is 1. The Morgan fingerprint density at radius 3 is 2.69 bits per heavy atom. The van der Waals surface area contributed by atoms with E-state index in [9.17, 15) is 0 Å². The summed E-state index contributed by atoms with van der Waals surface area (Å²) in [4.78, 5) is 2.59. The average Bonchev–Trinajstić information content (AvgIpc) is 2.33. The van der Waals surface area contributed by atoms with Crippen molar-refractivity contribution in [2.75, 3.05) is 25.6 Å². The molecule has 2 rings (SSSR count). The Morgan fingerprint density at radius 1 is 1.25 bits per heavy atom. The molecule has 0 N–H and O–H groups in total. The van der Waals surface area contributed by atoms with Gasteiger partial charge in [0.25, 0.3) is 0 Å². The molecule has 1 saturated heterocycles. The van der Waals surface area contributed by atoms with Crippen LogP contribution in [0, 0.1) is 5.92 Å². The van der Waals surface area contributed by atoms with Crippen molar-refractivity contribution in [1.82, 2.24) is 4.90 Å². The lowest BCUT2D eigenvalue weighted by Gasteiger charge is -2.40. The van der Waals surface area contributed by atoms with Crippen LogP contribution in [-0.4, -0.2) is 42.6 Å². The summed E-state index contributed by atoms with van der Waals surface area (Å²) in [5.74, 6) is 1.55. The van der Waals surface area contributed by atoms with E-state index in [1.54, 1.807) is 0 Å². The molecule has 2 atom stereocenters. The second-order valence-electron chi connectivity index (χ2n) is 5.42. The molecule has 0 bridgehead atoms. The van der Waals surface area contributed by atoms with Gasteiger partial charge in [0.15, 0.2) is 0 Å². The van der Waals surface area contributed by atoms with Crippen LogP contribution in [0.15, 0.2) is 0 Å². The molecule has 0 aromatic rings. The summed E-state index contributed by atoms with van der Waals surface area (Å²) in [5.41, 5.74) is 0. The minimum absolute atomic E-state index is 0.251. The summed E-state index contributed by atoms with van der Waals surface area (Å²) in [5, 5.41) is 0. The third-order valence-electron chi connectivity index (χ3n) is 4.02. The van der Waals surface area contributed by atoms with Gasteiger partial charge < -0.3 is 4.74 Å². The van der Waals surface area contributed by atoms with Crippen LogP contribution in [0.4, 0.5) is 0 Å². The number of rotatable bonds is 3. The van der Waals surface area contributed by atoms with Crippen molar-refractivity contribution in [2.45, 2.75) is 51.2 Å². The lowest BCUT2D eigenvalue weighted by molar-refractivity contribution is -0.0541. The molecule has 2 fully saturated rings. The molecule has 0 amide bonds. The van der Waals surface area contributed by atoms with Crippen LogP contribution in [0.25, 0.3) is 0 Å². The molecule has 2 nitrogen and oxygen atoms in total. The van der Waals surface area contributed by atoms with E-state index in [0.29, 0.717) is 11.9 Å². The first-order valence-electron chi connectivity index (χ1n) is 6.71. The van der Waals surface area contributed by atoms with E-state index in [2.05, 4.69) is 11.8 Å². The normalized spacial score (nSPS) is 34.1. The quantitative estimate of drug-likeness (QED) is 0.709. The van der Waals surface area contributed by atoms with Crippen molar-refractivity contribution in [2.24, 2.45) is 5.92 Å². The summed E-state index contributed by atoms with van der Waals surface area (Å²) in [6.45, 7) is 5.41. The number of hydrogen-bond donors (Lipinski definition) is 0. The first-order chi connectivity index (χ1) is 7.79. The predicted octanol–water partition coefficient (Wildman–Crippen LogP) is 2.89. The zero-order chi connectivity index (χ0) is 11.4. The van der Waals surface area contributed by atoms with Gasteiger partial charge in [-0.2, -0.15) is 0 Å². The van der Waals surface area contributed by atoms with Crippen molar-refractivity contribution in [3.8, 4) is 0 Å². The SMILES string of the molecule is CC1COC(CCl)CN1CC1CCCCC1. The zero-order valence-corrected chi connectivity index (χ0v) is 11.1. The Kier molecular flexibility index (Phi) is 4.93. The number of nitrogens with zero attached hydrogens (tertiary/aromatic N) is 1. The van der Waals surface area contributed by atoms with Gasteiger partial charge in [-0.05, 0) is 25.7 Å². The second kappa shape index (κ2) is 6.23. The van der Waals surface area contributed by atoms with Crippen LogP contribution in [-0.2, 0) is 4.74 Å². The molecular formula is C13H24ClNO. The lowest BCUT2D eigenvalue weighted by atomic mass is 9.88. The number of halogens is 1. The third-order valence-corrected chi connectivity index (χ3v) is 4.37. The Balaban J connectivity index is 1.81. The molecule has 1 aliphatic carbocycles. The molecule has 16 heavy (non-hydrogen) atoms. The average molecular weight is 246 g/mol. The van der Waals surface area contributed by atoms with Crippen molar-refractivity contribution in [3.63, 3.8) is 0 Å². The molecule has 3 heteroatoms. The van der Waals surface area contributed by atoms with Gasteiger partial charge >= 0.3 is 0 Å². The van der Waals surface area contributed by atoms with E-state index in [1.165, 1.54) is 38.6 Å². The fraction of sp³-hybridized carbons (Fsp3) is 1.00. The molecule has 0 aromatic heterocycles. The number of hydrogen-bond acceptors (Lipinski definition) is 2. The molecule has 2 aliphatic rings. The zero-order valence-electron chi connectivity index (χ0n) is 10.3. The topological polar surface area (TPSA) is 12.5 Å². The summed E-state index contributed by atoms with van der Waals surface area (Å²) in [6, 6.07) is 0.571. The predicted molar refractivity (Wildman–Crippen MR) is 68.1 cm³/mol. The molecule has 0 aromatic carbocycles. The van der Waals surface area contributed by atoms with Crippen LogP contribution in [0.3, 0.4) is 0 Å². The van der Waals surface area contributed by atoms with E-state index >= 15 is 0 Å². The maximum atomic E-state index is 5.88. The van der Waals surface area contributed by atoms with Crippen molar-refractivity contribution < 1.29 is 4.74 Å². The van der Waals surface area contributed by atoms with Crippen LogP contribution < -0.4 is 0 Å². The highest BCUT2D eigenvalue weighted by atomic mass is 35.5.